The van der Waals surface area contributed by atoms with Crippen LogP contribution in [0.5, 0.6) is 0 Å². The molecule has 2 saturated heterocycles. The molecule has 0 aromatic carbocycles. The van der Waals surface area contributed by atoms with Crippen molar-refractivity contribution in [1.29, 1.82) is 0 Å². The van der Waals surface area contributed by atoms with Gasteiger partial charge in [-0.25, -0.2) is 0 Å². The van der Waals surface area contributed by atoms with Gasteiger partial charge in [-0.1, -0.05) is 6.92 Å². The summed E-state index contributed by atoms with van der Waals surface area (Å²) in [6.45, 7) is 8.40. The lowest BCUT2D eigenvalue weighted by Crippen LogP contribution is -2.44. The summed E-state index contributed by atoms with van der Waals surface area (Å²) in [6, 6.07) is 0. The van der Waals surface area contributed by atoms with Crippen molar-refractivity contribution in [2.24, 2.45) is 11.8 Å². The minimum atomic E-state index is -0.703. The second-order valence-corrected chi connectivity index (χ2v) is 5.75. The Hall–Kier alpha value is -0.610. The normalized spacial score (nSPS) is 36.2. The number of nitrogens with zero attached hydrogens (tertiary/aromatic N) is 1. The molecule has 0 aliphatic carbocycles. The molecule has 0 spiro atoms. The number of nitrogens with one attached hydrogen (secondary N) is 1. The molecule has 2 fully saturated rings. The van der Waals surface area contributed by atoms with E-state index in [2.05, 4.69) is 17.1 Å². The quantitative estimate of drug-likeness (QED) is 0.777. The van der Waals surface area contributed by atoms with Crippen molar-refractivity contribution in [1.82, 2.24) is 10.2 Å². The lowest BCUT2D eigenvalue weighted by atomic mass is 9.80. The number of carboxylic acids is 1. The highest BCUT2D eigenvalue weighted by atomic mass is 16.4. The van der Waals surface area contributed by atoms with Crippen LogP contribution in [0.2, 0.25) is 0 Å². The summed E-state index contributed by atoms with van der Waals surface area (Å²) in [5.74, 6) is 0.563. The van der Waals surface area contributed by atoms with Crippen LogP contribution in [-0.4, -0.2) is 47.7 Å². The van der Waals surface area contributed by atoms with Crippen LogP contribution >= 0.6 is 0 Å². The Morgan fingerprint density at radius 1 is 1.41 bits per heavy atom. The lowest BCUT2D eigenvalue weighted by molar-refractivity contribution is -0.143. The Morgan fingerprint density at radius 2 is 2.06 bits per heavy atom. The summed E-state index contributed by atoms with van der Waals surface area (Å²) in [7, 11) is 0. The summed E-state index contributed by atoms with van der Waals surface area (Å²) in [5, 5.41) is 12.4. The fraction of sp³-hybridized carbons (Fsp3) is 0.923. The standard InChI is InChI=1S/C13H24N2O2/c1-3-15-6-4-10(5-7-15)11-8-13(2,12(16)17)14-9-11/h10-11,14H,3-9H2,1-2H3,(H,16,17). The molecule has 2 aliphatic heterocycles. The predicted molar refractivity (Wildman–Crippen MR) is 67.0 cm³/mol. The van der Waals surface area contributed by atoms with Crippen LogP contribution in [0, 0.1) is 11.8 Å². The van der Waals surface area contributed by atoms with E-state index in [4.69, 9.17) is 0 Å². The highest BCUT2D eigenvalue weighted by Crippen LogP contribution is 2.34. The first-order valence-electron chi connectivity index (χ1n) is 6.76. The fourth-order valence-corrected chi connectivity index (χ4v) is 3.26. The SMILES string of the molecule is CCN1CCC(C2CNC(C)(C(=O)O)C2)CC1. The van der Waals surface area contributed by atoms with E-state index in [-0.39, 0.29) is 0 Å². The maximum absolute atomic E-state index is 11.2. The number of aliphatic carboxylic acids is 1. The molecule has 2 N–H and O–H groups in total. The van der Waals surface area contributed by atoms with Crippen LogP contribution in [0.15, 0.2) is 0 Å². The van der Waals surface area contributed by atoms with Crippen molar-refractivity contribution in [3.63, 3.8) is 0 Å². The first-order valence-corrected chi connectivity index (χ1v) is 6.76. The highest BCUT2D eigenvalue weighted by Gasteiger charge is 2.43. The Bertz CT molecular complexity index is 287. The Labute approximate surface area is 103 Å². The molecule has 2 aliphatic rings. The number of piperidine rings is 1. The molecule has 0 saturated carbocycles. The van der Waals surface area contributed by atoms with Crippen LogP contribution in [0.3, 0.4) is 0 Å². The zero-order valence-electron chi connectivity index (χ0n) is 10.9. The molecule has 0 radical (unpaired) electrons. The molecule has 0 amide bonds. The minimum absolute atomic E-state index is 0.551. The van der Waals surface area contributed by atoms with Gasteiger partial charge in [0, 0.05) is 0 Å². The van der Waals surface area contributed by atoms with Gasteiger partial charge in [0.05, 0.1) is 0 Å². The second kappa shape index (κ2) is 4.94. The third kappa shape index (κ3) is 2.63. The molecule has 4 nitrogen and oxygen atoms in total. The molecule has 98 valence electrons. The Balaban J connectivity index is 1.87. The van der Waals surface area contributed by atoms with Crippen LogP contribution in [0.1, 0.15) is 33.1 Å². The van der Waals surface area contributed by atoms with E-state index in [1.165, 1.54) is 25.9 Å². The van der Waals surface area contributed by atoms with Gasteiger partial charge in [-0.05, 0) is 64.2 Å². The third-order valence-corrected chi connectivity index (χ3v) is 4.64. The maximum atomic E-state index is 11.2. The molecule has 0 bridgehead atoms. The number of likely N-dealkylation sites (tertiary alicyclic amines) is 1. The van der Waals surface area contributed by atoms with Gasteiger partial charge < -0.3 is 15.3 Å². The molecule has 0 aromatic rings. The molecule has 2 atom stereocenters. The van der Waals surface area contributed by atoms with E-state index in [9.17, 15) is 9.90 Å². The topological polar surface area (TPSA) is 52.6 Å². The molecule has 2 heterocycles. The summed E-state index contributed by atoms with van der Waals surface area (Å²) in [6.07, 6.45) is 3.25. The van der Waals surface area contributed by atoms with E-state index in [1.54, 1.807) is 0 Å². The van der Waals surface area contributed by atoms with E-state index in [0.29, 0.717) is 11.8 Å². The highest BCUT2D eigenvalue weighted by molar-refractivity contribution is 5.78. The van der Waals surface area contributed by atoms with Gasteiger partial charge in [0.1, 0.15) is 5.54 Å². The van der Waals surface area contributed by atoms with Gasteiger partial charge in [0.15, 0.2) is 0 Å². The monoisotopic (exact) mass is 240 g/mol. The first kappa shape index (κ1) is 12.8. The Kier molecular flexibility index (Phi) is 3.73. The molecule has 17 heavy (non-hydrogen) atoms. The van der Waals surface area contributed by atoms with Gasteiger partial charge in [-0.2, -0.15) is 0 Å². The molecular formula is C13H24N2O2. The number of carboxylic acid groups (broad SMARTS) is 1. The summed E-state index contributed by atoms with van der Waals surface area (Å²) >= 11 is 0. The summed E-state index contributed by atoms with van der Waals surface area (Å²) < 4.78 is 0. The van der Waals surface area contributed by atoms with Crippen LogP contribution in [0.25, 0.3) is 0 Å². The van der Waals surface area contributed by atoms with E-state index in [0.717, 1.165) is 19.5 Å². The molecule has 2 unspecified atom stereocenters. The van der Waals surface area contributed by atoms with E-state index < -0.39 is 11.5 Å². The lowest BCUT2D eigenvalue weighted by Gasteiger charge is -2.34. The number of hydrogen-bond donors (Lipinski definition) is 2. The Morgan fingerprint density at radius 3 is 2.53 bits per heavy atom. The first-order chi connectivity index (χ1) is 8.05. The van der Waals surface area contributed by atoms with Crippen molar-refractivity contribution < 1.29 is 9.90 Å². The van der Waals surface area contributed by atoms with Gasteiger partial charge in [0.25, 0.3) is 0 Å². The second-order valence-electron chi connectivity index (χ2n) is 5.75. The number of rotatable bonds is 3. The van der Waals surface area contributed by atoms with Crippen molar-refractivity contribution in [2.45, 2.75) is 38.6 Å². The average molecular weight is 240 g/mol. The molecule has 0 aromatic heterocycles. The van der Waals surface area contributed by atoms with E-state index in [1.807, 2.05) is 6.92 Å². The van der Waals surface area contributed by atoms with Gasteiger partial charge in [-0.3, -0.25) is 4.79 Å². The van der Waals surface area contributed by atoms with Crippen LogP contribution < -0.4 is 5.32 Å². The van der Waals surface area contributed by atoms with Crippen molar-refractivity contribution >= 4 is 5.97 Å². The molecule has 2 rings (SSSR count). The average Bonchev–Trinajstić information content (AvgIpc) is 2.74. The predicted octanol–water partition coefficient (Wildman–Crippen LogP) is 1.17. The van der Waals surface area contributed by atoms with Crippen molar-refractivity contribution in [2.75, 3.05) is 26.2 Å². The van der Waals surface area contributed by atoms with Crippen LogP contribution in [0.4, 0.5) is 0 Å². The zero-order valence-corrected chi connectivity index (χ0v) is 10.9. The van der Waals surface area contributed by atoms with E-state index >= 15 is 0 Å². The summed E-state index contributed by atoms with van der Waals surface area (Å²) in [4.78, 5) is 13.7. The minimum Gasteiger partial charge on any atom is -0.480 e. The number of carbonyl (C=O) groups is 1. The molecular weight excluding hydrogens is 216 g/mol. The van der Waals surface area contributed by atoms with Gasteiger partial charge in [0.2, 0.25) is 0 Å². The zero-order chi connectivity index (χ0) is 12.5. The fourth-order valence-electron chi connectivity index (χ4n) is 3.26. The van der Waals surface area contributed by atoms with Crippen LogP contribution in [-0.2, 0) is 4.79 Å². The third-order valence-electron chi connectivity index (χ3n) is 4.64. The van der Waals surface area contributed by atoms with Crippen molar-refractivity contribution in [3.8, 4) is 0 Å². The van der Waals surface area contributed by atoms with Gasteiger partial charge >= 0.3 is 5.97 Å². The van der Waals surface area contributed by atoms with Gasteiger partial charge in [-0.15, -0.1) is 0 Å². The number of hydrogen-bond acceptors (Lipinski definition) is 3. The molecule has 4 heteroatoms. The largest absolute Gasteiger partial charge is 0.480 e. The summed E-state index contributed by atoms with van der Waals surface area (Å²) in [5.41, 5.74) is -0.688. The maximum Gasteiger partial charge on any atom is 0.323 e. The van der Waals surface area contributed by atoms with Crippen molar-refractivity contribution in [3.05, 3.63) is 0 Å². The smallest absolute Gasteiger partial charge is 0.323 e.